The maximum absolute atomic E-state index is 12.1. The number of methoxy groups -OCH3 is 1. The fraction of sp³-hybridized carbons (Fsp3) is 0.938. The van der Waals surface area contributed by atoms with Crippen molar-refractivity contribution in [3.05, 3.63) is 0 Å². The summed E-state index contributed by atoms with van der Waals surface area (Å²) in [4.78, 5) is 14.4. The van der Waals surface area contributed by atoms with E-state index in [2.05, 4.69) is 51.9 Å². The molecule has 4 heteroatoms. The van der Waals surface area contributed by atoms with Crippen LogP contribution in [0.5, 0.6) is 0 Å². The Morgan fingerprint density at radius 2 is 1.85 bits per heavy atom. The van der Waals surface area contributed by atoms with Crippen molar-refractivity contribution in [2.45, 2.75) is 72.0 Å². The van der Waals surface area contributed by atoms with Gasteiger partial charge in [0.1, 0.15) is 5.54 Å². The van der Waals surface area contributed by atoms with E-state index in [1.54, 1.807) is 0 Å². The fourth-order valence-electron chi connectivity index (χ4n) is 2.61. The molecule has 0 saturated heterocycles. The summed E-state index contributed by atoms with van der Waals surface area (Å²) in [6.45, 7) is 13.7. The van der Waals surface area contributed by atoms with Crippen molar-refractivity contribution in [2.24, 2.45) is 5.92 Å². The summed E-state index contributed by atoms with van der Waals surface area (Å²) in [5, 5.41) is 3.36. The highest BCUT2D eigenvalue weighted by Crippen LogP contribution is 2.19. The molecule has 20 heavy (non-hydrogen) atoms. The minimum atomic E-state index is -0.633. The Bertz CT molecular complexity index is 294. The van der Waals surface area contributed by atoms with E-state index in [1.165, 1.54) is 13.5 Å². The molecule has 0 radical (unpaired) electrons. The highest BCUT2D eigenvalue weighted by atomic mass is 16.5. The second kappa shape index (κ2) is 8.63. The molecule has 0 amide bonds. The number of ether oxygens (including phenoxy) is 1. The number of nitrogens with zero attached hydrogens (tertiary/aromatic N) is 1. The molecule has 0 saturated carbocycles. The normalized spacial score (nSPS) is 17.9. The predicted octanol–water partition coefficient (Wildman–Crippen LogP) is 2.67. The zero-order valence-electron chi connectivity index (χ0n) is 14.6. The van der Waals surface area contributed by atoms with E-state index in [4.69, 9.17) is 4.74 Å². The van der Waals surface area contributed by atoms with Crippen LogP contribution in [-0.4, -0.2) is 49.2 Å². The van der Waals surface area contributed by atoms with Crippen LogP contribution in [0.3, 0.4) is 0 Å². The third-order valence-electron chi connectivity index (χ3n) is 4.00. The minimum absolute atomic E-state index is 0.185. The number of carbonyl (C=O) groups excluding carboxylic acids is 1. The Morgan fingerprint density at radius 3 is 2.25 bits per heavy atom. The SMILES string of the molecule is CCC(C)CN(C)C(C)CC(C)(NC(C)C)C(=O)OC. The van der Waals surface area contributed by atoms with Gasteiger partial charge < -0.3 is 9.64 Å². The lowest BCUT2D eigenvalue weighted by atomic mass is 9.91. The first-order valence-corrected chi connectivity index (χ1v) is 7.72. The van der Waals surface area contributed by atoms with E-state index in [0.29, 0.717) is 12.0 Å². The monoisotopic (exact) mass is 286 g/mol. The van der Waals surface area contributed by atoms with E-state index < -0.39 is 5.54 Å². The second-order valence-corrected chi connectivity index (χ2v) is 6.63. The summed E-state index contributed by atoms with van der Waals surface area (Å²) in [6.07, 6.45) is 1.92. The van der Waals surface area contributed by atoms with Crippen LogP contribution in [-0.2, 0) is 9.53 Å². The van der Waals surface area contributed by atoms with Crippen LogP contribution in [0.4, 0.5) is 0 Å². The van der Waals surface area contributed by atoms with Crippen molar-refractivity contribution in [2.75, 3.05) is 20.7 Å². The number of carbonyl (C=O) groups is 1. The molecule has 0 aliphatic heterocycles. The Balaban J connectivity index is 4.76. The van der Waals surface area contributed by atoms with E-state index in [1.807, 2.05) is 6.92 Å². The molecule has 0 aliphatic rings. The van der Waals surface area contributed by atoms with Crippen LogP contribution >= 0.6 is 0 Å². The molecule has 0 aromatic heterocycles. The molecule has 0 aliphatic carbocycles. The zero-order chi connectivity index (χ0) is 15.9. The van der Waals surface area contributed by atoms with Crippen LogP contribution in [0.25, 0.3) is 0 Å². The van der Waals surface area contributed by atoms with Crippen LogP contribution in [0.1, 0.15) is 54.4 Å². The van der Waals surface area contributed by atoms with E-state index in [-0.39, 0.29) is 12.0 Å². The van der Waals surface area contributed by atoms with Gasteiger partial charge in [0.2, 0.25) is 0 Å². The van der Waals surface area contributed by atoms with E-state index >= 15 is 0 Å². The van der Waals surface area contributed by atoms with Gasteiger partial charge in [-0.1, -0.05) is 20.3 Å². The summed E-state index contributed by atoms with van der Waals surface area (Å²) in [5.41, 5.74) is -0.633. The van der Waals surface area contributed by atoms with Crippen molar-refractivity contribution >= 4 is 5.97 Å². The molecule has 0 rings (SSSR count). The van der Waals surface area contributed by atoms with Gasteiger partial charge in [-0.05, 0) is 47.1 Å². The van der Waals surface area contributed by atoms with Gasteiger partial charge in [0.25, 0.3) is 0 Å². The Hall–Kier alpha value is -0.610. The summed E-state index contributed by atoms with van der Waals surface area (Å²) in [6, 6.07) is 0.561. The highest BCUT2D eigenvalue weighted by molar-refractivity contribution is 5.80. The van der Waals surface area contributed by atoms with Crippen molar-refractivity contribution in [3.8, 4) is 0 Å². The second-order valence-electron chi connectivity index (χ2n) is 6.63. The van der Waals surface area contributed by atoms with E-state index in [0.717, 1.165) is 13.0 Å². The molecule has 120 valence electrons. The van der Waals surface area contributed by atoms with Crippen molar-refractivity contribution < 1.29 is 9.53 Å². The highest BCUT2D eigenvalue weighted by Gasteiger charge is 2.37. The van der Waals surface area contributed by atoms with Gasteiger partial charge in [0, 0.05) is 18.6 Å². The number of rotatable bonds is 9. The largest absolute Gasteiger partial charge is 0.468 e. The maximum Gasteiger partial charge on any atom is 0.325 e. The number of hydrogen-bond acceptors (Lipinski definition) is 4. The lowest BCUT2D eigenvalue weighted by Gasteiger charge is -2.36. The molecule has 0 spiro atoms. The first-order chi connectivity index (χ1) is 9.16. The van der Waals surface area contributed by atoms with Crippen LogP contribution in [0, 0.1) is 5.92 Å². The predicted molar refractivity (Wildman–Crippen MR) is 84.9 cm³/mol. The molecular formula is C16H34N2O2. The first kappa shape index (κ1) is 19.4. The lowest BCUT2D eigenvalue weighted by molar-refractivity contribution is -0.149. The Labute approximate surface area is 125 Å². The lowest BCUT2D eigenvalue weighted by Crippen LogP contribution is -2.56. The first-order valence-electron chi connectivity index (χ1n) is 7.72. The quantitative estimate of drug-likeness (QED) is 0.662. The van der Waals surface area contributed by atoms with Crippen LogP contribution in [0.2, 0.25) is 0 Å². The van der Waals surface area contributed by atoms with Gasteiger partial charge in [-0.2, -0.15) is 0 Å². The van der Waals surface area contributed by atoms with Gasteiger partial charge in [0.05, 0.1) is 7.11 Å². The summed E-state index contributed by atoms with van der Waals surface area (Å²) in [7, 11) is 3.58. The van der Waals surface area contributed by atoms with Crippen LogP contribution < -0.4 is 5.32 Å². The standard InChI is InChI=1S/C16H34N2O2/c1-9-13(4)11-18(7)14(5)10-16(6,15(19)20-8)17-12(2)3/h12-14,17H,9-11H2,1-8H3. The summed E-state index contributed by atoms with van der Waals surface area (Å²) < 4.78 is 4.98. The number of hydrogen-bond donors (Lipinski definition) is 1. The van der Waals surface area contributed by atoms with Gasteiger partial charge in [-0.15, -0.1) is 0 Å². The van der Waals surface area contributed by atoms with Gasteiger partial charge in [-0.25, -0.2) is 0 Å². The third kappa shape index (κ3) is 6.23. The van der Waals surface area contributed by atoms with Crippen molar-refractivity contribution in [3.63, 3.8) is 0 Å². The maximum atomic E-state index is 12.1. The van der Waals surface area contributed by atoms with Crippen molar-refractivity contribution in [1.29, 1.82) is 0 Å². The molecule has 0 aromatic carbocycles. The molecule has 0 aromatic rings. The van der Waals surface area contributed by atoms with E-state index in [9.17, 15) is 4.79 Å². The average molecular weight is 286 g/mol. The Morgan fingerprint density at radius 1 is 1.30 bits per heavy atom. The Kier molecular flexibility index (Phi) is 8.36. The van der Waals surface area contributed by atoms with Gasteiger partial charge in [-0.3, -0.25) is 10.1 Å². The molecule has 1 N–H and O–H groups in total. The molecule has 3 unspecified atom stereocenters. The van der Waals surface area contributed by atoms with Gasteiger partial charge in [0.15, 0.2) is 0 Å². The molecular weight excluding hydrogens is 252 g/mol. The summed E-state index contributed by atoms with van der Waals surface area (Å²) >= 11 is 0. The minimum Gasteiger partial charge on any atom is -0.468 e. The number of nitrogens with one attached hydrogen (secondary N) is 1. The zero-order valence-corrected chi connectivity index (χ0v) is 14.6. The third-order valence-corrected chi connectivity index (χ3v) is 4.00. The molecule has 4 nitrogen and oxygen atoms in total. The topological polar surface area (TPSA) is 41.6 Å². The molecule has 0 bridgehead atoms. The van der Waals surface area contributed by atoms with Gasteiger partial charge >= 0.3 is 5.97 Å². The average Bonchev–Trinajstić information content (AvgIpc) is 2.36. The smallest absolute Gasteiger partial charge is 0.325 e. The number of esters is 1. The van der Waals surface area contributed by atoms with Crippen LogP contribution in [0.15, 0.2) is 0 Å². The molecule has 0 heterocycles. The van der Waals surface area contributed by atoms with Crippen molar-refractivity contribution in [1.82, 2.24) is 10.2 Å². The summed E-state index contributed by atoms with van der Waals surface area (Å²) in [5.74, 6) is 0.486. The fourth-order valence-corrected chi connectivity index (χ4v) is 2.61. The molecule has 0 fully saturated rings. The molecule has 3 atom stereocenters.